The molecular weight excluding hydrogens is 514 g/mol. The lowest BCUT2D eigenvalue weighted by atomic mass is 9.72. The normalized spacial score (nSPS) is 29.8. The first-order chi connectivity index (χ1) is 18.4. The third kappa shape index (κ3) is 4.20. The van der Waals surface area contributed by atoms with Gasteiger partial charge < -0.3 is 45.5 Å². The van der Waals surface area contributed by atoms with Crippen LogP contribution in [0.5, 0.6) is 17.2 Å². The van der Waals surface area contributed by atoms with Crippen LogP contribution < -0.4 is 10.5 Å². The van der Waals surface area contributed by atoms with E-state index in [0.29, 0.717) is 5.75 Å². The van der Waals surface area contributed by atoms with Gasteiger partial charge >= 0.3 is 0 Å². The summed E-state index contributed by atoms with van der Waals surface area (Å²) in [4.78, 5) is 39.6. The number of carbonyl (C=O) groups is 3. The van der Waals surface area contributed by atoms with Crippen molar-refractivity contribution < 1.29 is 54.1 Å². The van der Waals surface area contributed by atoms with Crippen LogP contribution in [-0.4, -0.2) is 86.7 Å². The summed E-state index contributed by atoms with van der Waals surface area (Å²) in [6.07, 6.45) is -5.08. The number of Topliss-reactive ketones (excluding diaryl/α,β-unsaturated/α-hetero) is 1. The van der Waals surface area contributed by atoms with E-state index in [-0.39, 0.29) is 28.7 Å². The van der Waals surface area contributed by atoms with Gasteiger partial charge in [0.05, 0.1) is 36.5 Å². The third-order valence-electron chi connectivity index (χ3n) is 7.80. The number of aliphatic hydroxyl groups excluding tert-OH is 2. The highest BCUT2D eigenvalue weighted by atomic mass is 16.7. The average Bonchev–Trinajstić information content (AvgIpc) is 2.91. The molecule has 12 nitrogen and oxygen atoms in total. The molecule has 2 aromatic rings. The van der Waals surface area contributed by atoms with E-state index in [1.54, 1.807) is 6.92 Å². The van der Waals surface area contributed by atoms with Crippen LogP contribution in [0.25, 0.3) is 0 Å². The van der Waals surface area contributed by atoms with Crippen molar-refractivity contribution in [1.29, 1.82) is 0 Å². The number of methoxy groups -OCH3 is 1. The van der Waals surface area contributed by atoms with Gasteiger partial charge in [0.15, 0.2) is 23.6 Å². The van der Waals surface area contributed by atoms with Crippen LogP contribution in [0, 0.1) is 0 Å². The Kier molecular flexibility index (Phi) is 6.74. The molecule has 1 heterocycles. The number of hydrogen-bond acceptors (Lipinski definition) is 12. The molecule has 1 fully saturated rings. The van der Waals surface area contributed by atoms with Crippen molar-refractivity contribution in [2.45, 2.75) is 62.4 Å². The lowest BCUT2D eigenvalue weighted by Crippen LogP contribution is -2.53. The number of aromatic hydroxyl groups is 2. The number of benzene rings is 2. The summed E-state index contributed by atoms with van der Waals surface area (Å²) in [6, 6.07) is 3.48. The number of phenolic OH excluding ortho intramolecular Hbond substituents is 2. The minimum absolute atomic E-state index is 0.00686. The summed E-state index contributed by atoms with van der Waals surface area (Å²) < 4.78 is 16.9. The van der Waals surface area contributed by atoms with Gasteiger partial charge in [-0.25, -0.2) is 0 Å². The van der Waals surface area contributed by atoms with E-state index in [1.165, 1.54) is 25.3 Å². The zero-order valence-electron chi connectivity index (χ0n) is 21.2. The molecule has 0 amide bonds. The second kappa shape index (κ2) is 9.66. The molecule has 7 N–H and O–H groups in total. The maximum atomic E-state index is 13.5. The standard InChI is InChI=1S/C27H29NO11/c1-10-22(31)15(28)6-18(38-10)39-16-8-27(36,17(30)9-29)7-14-19(16)26(35)21-20(25(14)34)24(33)13-5-11(37-2)3-4-12(13)23(21)32/h3-5,10,15-16,18,22,29,31,34-36H,6-9,28H2,1-2H3. The number of hydrogen-bond donors (Lipinski definition) is 6. The Morgan fingerprint density at radius 2 is 1.82 bits per heavy atom. The maximum Gasteiger partial charge on any atom is 0.198 e. The zero-order valence-corrected chi connectivity index (χ0v) is 21.2. The Morgan fingerprint density at radius 3 is 2.46 bits per heavy atom. The van der Waals surface area contributed by atoms with Crippen LogP contribution in [0.2, 0.25) is 0 Å². The SMILES string of the molecule is COc1ccc2c(c1)C(=O)c1c(O)c3c(c(O)c1C2=O)C(OC1CC(N)C(O)C(C)O1)CC(O)(C(=O)CO)C3. The fourth-order valence-corrected chi connectivity index (χ4v) is 5.67. The summed E-state index contributed by atoms with van der Waals surface area (Å²) in [5.74, 6) is -3.51. The molecular formula is C27H29NO11. The molecule has 6 unspecified atom stereocenters. The first-order valence-corrected chi connectivity index (χ1v) is 12.4. The number of aliphatic hydroxyl groups is 3. The molecule has 0 bridgehead atoms. The molecule has 12 heteroatoms. The van der Waals surface area contributed by atoms with E-state index in [4.69, 9.17) is 19.9 Å². The van der Waals surface area contributed by atoms with Crippen molar-refractivity contribution in [1.82, 2.24) is 0 Å². The lowest BCUT2D eigenvalue weighted by molar-refractivity contribution is -0.247. The van der Waals surface area contributed by atoms with Crippen molar-refractivity contribution in [3.63, 3.8) is 0 Å². The first-order valence-electron chi connectivity index (χ1n) is 12.4. The molecule has 0 spiro atoms. The summed E-state index contributed by atoms with van der Waals surface area (Å²) in [7, 11) is 1.38. The van der Waals surface area contributed by atoms with Gasteiger partial charge in [-0.1, -0.05) is 0 Å². The second-order valence-electron chi connectivity index (χ2n) is 10.2. The fraction of sp³-hybridized carbons (Fsp3) is 0.444. The van der Waals surface area contributed by atoms with Crippen LogP contribution in [0.1, 0.15) is 68.8 Å². The molecule has 0 aromatic heterocycles. The van der Waals surface area contributed by atoms with Crippen molar-refractivity contribution in [3.8, 4) is 17.2 Å². The Morgan fingerprint density at radius 1 is 1.15 bits per heavy atom. The van der Waals surface area contributed by atoms with Gasteiger partial charge in [0, 0.05) is 47.6 Å². The van der Waals surface area contributed by atoms with Crippen LogP contribution in [0.3, 0.4) is 0 Å². The van der Waals surface area contributed by atoms with Crippen LogP contribution in [0.15, 0.2) is 18.2 Å². The molecule has 2 aromatic carbocycles. The molecule has 2 aliphatic carbocycles. The number of ketones is 3. The quantitative estimate of drug-likeness (QED) is 0.235. The van der Waals surface area contributed by atoms with Crippen LogP contribution >= 0.6 is 0 Å². The molecule has 0 radical (unpaired) electrons. The van der Waals surface area contributed by atoms with E-state index in [1.807, 2.05) is 0 Å². The van der Waals surface area contributed by atoms with Gasteiger partial charge in [0.25, 0.3) is 0 Å². The van der Waals surface area contributed by atoms with Gasteiger partial charge in [-0.3, -0.25) is 14.4 Å². The second-order valence-corrected chi connectivity index (χ2v) is 10.2. The number of phenols is 2. The number of fused-ring (bicyclic) bond motifs is 3. The smallest absolute Gasteiger partial charge is 0.198 e. The van der Waals surface area contributed by atoms with Crippen molar-refractivity contribution in [2.75, 3.05) is 13.7 Å². The van der Waals surface area contributed by atoms with Crippen LogP contribution in [-0.2, 0) is 20.7 Å². The number of nitrogens with two attached hydrogens (primary N) is 1. The van der Waals surface area contributed by atoms with Gasteiger partial charge in [-0.2, -0.15) is 0 Å². The highest BCUT2D eigenvalue weighted by Crippen LogP contribution is 2.52. The van der Waals surface area contributed by atoms with E-state index < -0.39 is 95.7 Å². The Hall–Kier alpha value is -3.39. The van der Waals surface area contributed by atoms with Crippen molar-refractivity contribution in [3.05, 3.63) is 51.6 Å². The zero-order chi connectivity index (χ0) is 28.4. The third-order valence-corrected chi connectivity index (χ3v) is 7.80. The monoisotopic (exact) mass is 543 g/mol. The van der Waals surface area contributed by atoms with E-state index in [2.05, 4.69) is 0 Å². The predicted octanol–water partition coefficient (Wildman–Crippen LogP) is 0.00130. The van der Waals surface area contributed by atoms with E-state index in [9.17, 15) is 39.9 Å². The summed E-state index contributed by atoms with van der Waals surface area (Å²) in [6.45, 7) is 0.561. The van der Waals surface area contributed by atoms with Gasteiger partial charge in [-0.15, -0.1) is 0 Å². The number of ether oxygens (including phenoxy) is 3. The predicted molar refractivity (Wildman–Crippen MR) is 132 cm³/mol. The van der Waals surface area contributed by atoms with E-state index >= 15 is 0 Å². The van der Waals surface area contributed by atoms with Crippen molar-refractivity contribution >= 4 is 17.3 Å². The minimum atomic E-state index is -2.24. The lowest BCUT2D eigenvalue weighted by Gasteiger charge is -2.42. The fourth-order valence-electron chi connectivity index (χ4n) is 5.67. The number of carbonyl (C=O) groups excluding carboxylic acids is 3. The Labute approximate surface area is 222 Å². The molecule has 1 saturated heterocycles. The largest absolute Gasteiger partial charge is 0.507 e. The molecule has 39 heavy (non-hydrogen) atoms. The molecule has 0 saturated carbocycles. The summed E-state index contributed by atoms with van der Waals surface area (Å²) >= 11 is 0. The van der Waals surface area contributed by atoms with Crippen LogP contribution in [0.4, 0.5) is 0 Å². The number of rotatable bonds is 5. The average molecular weight is 544 g/mol. The molecule has 208 valence electrons. The Bertz CT molecular complexity index is 1380. The molecule has 1 aliphatic heterocycles. The molecule has 5 rings (SSSR count). The van der Waals surface area contributed by atoms with Gasteiger partial charge in [-0.05, 0) is 25.1 Å². The Balaban J connectivity index is 1.67. The van der Waals surface area contributed by atoms with Gasteiger partial charge in [0.1, 0.15) is 29.5 Å². The van der Waals surface area contributed by atoms with Gasteiger partial charge in [0.2, 0.25) is 0 Å². The topological polar surface area (TPSA) is 206 Å². The summed E-state index contributed by atoms with van der Waals surface area (Å²) in [5.41, 5.74) is 2.49. The molecule has 3 aliphatic rings. The maximum absolute atomic E-state index is 13.5. The minimum Gasteiger partial charge on any atom is -0.507 e. The highest BCUT2D eigenvalue weighted by molar-refractivity contribution is 6.30. The highest BCUT2D eigenvalue weighted by Gasteiger charge is 2.50. The summed E-state index contributed by atoms with van der Waals surface area (Å²) in [5, 5.41) is 53.6. The van der Waals surface area contributed by atoms with Crippen molar-refractivity contribution in [2.24, 2.45) is 5.73 Å². The van der Waals surface area contributed by atoms with E-state index in [0.717, 1.165) is 0 Å². The first kappa shape index (κ1) is 27.2. The molecule has 6 atom stereocenters.